The van der Waals surface area contributed by atoms with E-state index in [4.69, 9.17) is 4.74 Å². The molecular formula is C15H13F2NO5. The van der Waals surface area contributed by atoms with Gasteiger partial charge in [-0.25, -0.2) is 0 Å². The van der Waals surface area contributed by atoms with Crippen LogP contribution in [0.1, 0.15) is 11.7 Å². The van der Waals surface area contributed by atoms with Gasteiger partial charge in [0.2, 0.25) is 0 Å². The van der Waals surface area contributed by atoms with E-state index < -0.39 is 17.6 Å². The standard InChI is InChI=1S/C15H13F2NO5/c16-15(17)23-11-7-5-10(6-8-11)13(19)9-22-14-4-2-1-3-12(14)18(20)21/h1-8,13,15,19H,9H2/t13-/m0/s1. The quantitative estimate of drug-likeness (QED) is 0.624. The third kappa shape index (κ3) is 4.62. The van der Waals surface area contributed by atoms with Gasteiger partial charge in [0.15, 0.2) is 5.75 Å². The molecule has 23 heavy (non-hydrogen) atoms. The average Bonchev–Trinajstić information content (AvgIpc) is 2.53. The maximum Gasteiger partial charge on any atom is 0.387 e. The Morgan fingerprint density at radius 3 is 2.39 bits per heavy atom. The highest BCUT2D eigenvalue weighted by Crippen LogP contribution is 2.27. The van der Waals surface area contributed by atoms with Crippen molar-refractivity contribution in [3.8, 4) is 11.5 Å². The van der Waals surface area contributed by atoms with Gasteiger partial charge in [-0.15, -0.1) is 0 Å². The number of aliphatic hydroxyl groups excluding tert-OH is 1. The molecule has 0 fully saturated rings. The smallest absolute Gasteiger partial charge is 0.387 e. The van der Waals surface area contributed by atoms with Gasteiger partial charge in [0.1, 0.15) is 18.5 Å². The van der Waals surface area contributed by atoms with Crippen molar-refractivity contribution < 1.29 is 28.3 Å². The van der Waals surface area contributed by atoms with E-state index in [1.54, 1.807) is 6.07 Å². The predicted molar refractivity (Wildman–Crippen MR) is 76.6 cm³/mol. The first kappa shape index (κ1) is 16.6. The Hall–Kier alpha value is -2.74. The summed E-state index contributed by atoms with van der Waals surface area (Å²) in [7, 11) is 0. The zero-order chi connectivity index (χ0) is 16.8. The number of para-hydroxylation sites is 2. The number of hydrogen-bond acceptors (Lipinski definition) is 5. The number of benzene rings is 2. The molecule has 2 aromatic rings. The molecule has 0 radical (unpaired) electrons. The first-order chi connectivity index (χ1) is 11.0. The summed E-state index contributed by atoms with van der Waals surface area (Å²) >= 11 is 0. The summed E-state index contributed by atoms with van der Waals surface area (Å²) in [6.45, 7) is -3.15. The number of alkyl halides is 2. The zero-order valence-electron chi connectivity index (χ0n) is 11.8. The minimum absolute atomic E-state index is 0.0319. The number of ether oxygens (including phenoxy) is 2. The summed E-state index contributed by atoms with van der Waals surface area (Å²) in [5, 5.41) is 20.9. The van der Waals surface area contributed by atoms with Crippen molar-refractivity contribution in [3.05, 3.63) is 64.2 Å². The lowest BCUT2D eigenvalue weighted by Crippen LogP contribution is -2.10. The number of nitro groups is 1. The van der Waals surface area contributed by atoms with E-state index in [2.05, 4.69) is 4.74 Å². The number of halogens is 2. The molecule has 8 heteroatoms. The summed E-state index contributed by atoms with van der Waals surface area (Å²) in [6.07, 6.45) is -1.07. The first-order valence-electron chi connectivity index (χ1n) is 6.56. The number of hydrogen-bond donors (Lipinski definition) is 1. The van der Waals surface area contributed by atoms with Crippen molar-refractivity contribution in [3.63, 3.8) is 0 Å². The molecule has 0 aliphatic rings. The van der Waals surface area contributed by atoms with E-state index in [0.717, 1.165) is 0 Å². The molecule has 0 aliphatic carbocycles. The number of aliphatic hydroxyl groups is 1. The molecule has 2 rings (SSSR count). The van der Waals surface area contributed by atoms with Gasteiger partial charge in [0.25, 0.3) is 0 Å². The van der Waals surface area contributed by atoms with Gasteiger partial charge in [-0.05, 0) is 23.8 Å². The number of nitrogens with zero attached hydrogens (tertiary/aromatic N) is 1. The summed E-state index contributed by atoms with van der Waals surface area (Å²) in [5.74, 6) is 0.00442. The molecule has 2 aromatic carbocycles. The normalized spacial score (nSPS) is 12.0. The highest BCUT2D eigenvalue weighted by atomic mass is 19.3. The largest absolute Gasteiger partial charge is 0.484 e. The lowest BCUT2D eigenvalue weighted by atomic mass is 10.1. The van der Waals surface area contributed by atoms with Gasteiger partial charge in [0, 0.05) is 6.07 Å². The molecule has 0 aromatic heterocycles. The second kappa shape index (κ2) is 7.50. The van der Waals surface area contributed by atoms with Gasteiger partial charge in [0.05, 0.1) is 4.92 Å². The molecule has 1 N–H and O–H groups in total. The molecule has 1 atom stereocenters. The van der Waals surface area contributed by atoms with Crippen molar-refractivity contribution in [2.75, 3.05) is 6.61 Å². The Labute approximate surface area is 130 Å². The second-order valence-electron chi connectivity index (χ2n) is 4.50. The lowest BCUT2D eigenvalue weighted by molar-refractivity contribution is -0.385. The van der Waals surface area contributed by atoms with Gasteiger partial charge >= 0.3 is 12.3 Å². The number of nitro benzene ring substituents is 1. The predicted octanol–water partition coefficient (Wildman–Crippen LogP) is 3.31. The molecule has 0 bridgehead atoms. The fraction of sp³-hybridized carbons (Fsp3) is 0.200. The molecule has 0 unspecified atom stereocenters. The van der Waals surface area contributed by atoms with E-state index in [1.807, 2.05) is 0 Å². The van der Waals surface area contributed by atoms with Crippen molar-refractivity contribution in [2.45, 2.75) is 12.7 Å². The Morgan fingerprint density at radius 2 is 1.78 bits per heavy atom. The third-order valence-electron chi connectivity index (χ3n) is 2.95. The van der Waals surface area contributed by atoms with Crippen LogP contribution in [0.25, 0.3) is 0 Å². The number of rotatable bonds is 7. The lowest BCUT2D eigenvalue weighted by Gasteiger charge is -2.13. The van der Waals surface area contributed by atoms with Crippen LogP contribution in [-0.4, -0.2) is 23.2 Å². The third-order valence-corrected chi connectivity index (χ3v) is 2.95. The van der Waals surface area contributed by atoms with Gasteiger partial charge in [-0.2, -0.15) is 8.78 Å². The summed E-state index contributed by atoms with van der Waals surface area (Å²) in [4.78, 5) is 10.3. The van der Waals surface area contributed by atoms with Crippen molar-refractivity contribution >= 4 is 5.69 Å². The maximum atomic E-state index is 12.0. The molecular weight excluding hydrogens is 312 g/mol. The van der Waals surface area contributed by atoms with Crippen LogP contribution >= 0.6 is 0 Å². The van der Waals surface area contributed by atoms with Crippen LogP contribution in [0.2, 0.25) is 0 Å². The molecule has 0 saturated carbocycles. The van der Waals surface area contributed by atoms with E-state index in [9.17, 15) is 24.0 Å². The minimum Gasteiger partial charge on any atom is -0.484 e. The molecule has 0 saturated heterocycles. The van der Waals surface area contributed by atoms with E-state index in [1.165, 1.54) is 42.5 Å². The summed E-state index contributed by atoms with van der Waals surface area (Å²) in [6, 6.07) is 11.2. The summed E-state index contributed by atoms with van der Waals surface area (Å²) in [5.41, 5.74) is 0.200. The topological polar surface area (TPSA) is 81.8 Å². The van der Waals surface area contributed by atoms with Crippen LogP contribution < -0.4 is 9.47 Å². The highest BCUT2D eigenvalue weighted by molar-refractivity contribution is 5.45. The van der Waals surface area contributed by atoms with Crippen molar-refractivity contribution in [1.82, 2.24) is 0 Å². The van der Waals surface area contributed by atoms with E-state index in [-0.39, 0.29) is 23.8 Å². The second-order valence-corrected chi connectivity index (χ2v) is 4.50. The Morgan fingerprint density at radius 1 is 1.13 bits per heavy atom. The van der Waals surface area contributed by atoms with Gasteiger partial charge < -0.3 is 14.6 Å². The zero-order valence-corrected chi connectivity index (χ0v) is 11.8. The first-order valence-corrected chi connectivity index (χ1v) is 6.56. The fourth-order valence-corrected chi connectivity index (χ4v) is 1.87. The van der Waals surface area contributed by atoms with E-state index >= 15 is 0 Å². The molecule has 6 nitrogen and oxygen atoms in total. The van der Waals surface area contributed by atoms with Crippen molar-refractivity contribution in [2.24, 2.45) is 0 Å². The highest BCUT2D eigenvalue weighted by Gasteiger charge is 2.16. The van der Waals surface area contributed by atoms with E-state index in [0.29, 0.717) is 5.56 Å². The average molecular weight is 325 g/mol. The Bertz CT molecular complexity index is 663. The van der Waals surface area contributed by atoms with Crippen LogP contribution in [0.4, 0.5) is 14.5 Å². The van der Waals surface area contributed by atoms with Crippen LogP contribution in [0.5, 0.6) is 11.5 Å². The minimum atomic E-state index is -2.92. The SMILES string of the molecule is O=[N+]([O-])c1ccccc1OC[C@H](O)c1ccc(OC(F)F)cc1. The van der Waals surface area contributed by atoms with Crippen LogP contribution in [0.3, 0.4) is 0 Å². The Kier molecular flexibility index (Phi) is 5.42. The summed E-state index contributed by atoms with van der Waals surface area (Å²) < 4.78 is 33.6. The molecule has 0 heterocycles. The van der Waals surface area contributed by atoms with Crippen LogP contribution in [0.15, 0.2) is 48.5 Å². The molecule has 0 amide bonds. The molecule has 0 spiro atoms. The monoisotopic (exact) mass is 325 g/mol. The Balaban J connectivity index is 2.00. The molecule has 122 valence electrons. The van der Waals surface area contributed by atoms with Crippen molar-refractivity contribution in [1.29, 1.82) is 0 Å². The van der Waals surface area contributed by atoms with Gasteiger partial charge in [-0.1, -0.05) is 24.3 Å². The molecule has 0 aliphatic heterocycles. The fourth-order valence-electron chi connectivity index (χ4n) is 1.87. The maximum absolute atomic E-state index is 12.0. The van der Waals surface area contributed by atoms with Crippen LogP contribution in [0, 0.1) is 10.1 Å². The van der Waals surface area contributed by atoms with Gasteiger partial charge in [-0.3, -0.25) is 10.1 Å². The van der Waals surface area contributed by atoms with Crippen LogP contribution in [-0.2, 0) is 0 Å².